The van der Waals surface area contributed by atoms with E-state index in [0.717, 1.165) is 12.8 Å². The number of nitrogens with zero attached hydrogens (tertiary/aromatic N) is 2. The van der Waals surface area contributed by atoms with Gasteiger partial charge in [0.25, 0.3) is 0 Å². The molecule has 0 saturated heterocycles. The topological polar surface area (TPSA) is 150 Å². The summed E-state index contributed by atoms with van der Waals surface area (Å²) in [7, 11) is 1.52. The van der Waals surface area contributed by atoms with Crippen LogP contribution in [0.1, 0.15) is 32.6 Å². The smallest absolute Gasteiger partial charge is 0.319 e. The second kappa shape index (κ2) is 12.4. The van der Waals surface area contributed by atoms with Crippen molar-refractivity contribution in [3.8, 4) is 5.75 Å². The number of anilines is 6. The van der Waals surface area contributed by atoms with Crippen molar-refractivity contribution in [1.82, 2.24) is 15.3 Å². The summed E-state index contributed by atoms with van der Waals surface area (Å²) in [5.74, 6) is 0.857. The average molecular weight is 540 g/mol. The summed E-state index contributed by atoms with van der Waals surface area (Å²) >= 11 is 6.33. The number of methoxy groups -OCH3 is 1. The number of hydrogen-bond acceptors (Lipinski definition) is 8. The summed E-state index contributed by atoms with van der Waals surface area (Å²) in [6.07, 6.45) is 4.04. The summed E-state index contributed by atoms with van der Waals surface area (Å²) in [5.41, 5.74) is 2.32. The fourth-order valence-electron chi connectivity index (χ4n) is 4.10. The maximum Gasteiger partial charge on any atom is 0.319 e. The van der Waals surface area contributed by atoms with Gasteiger partial charge in [0.2, 0.25) is 11.9 Å². The van der Waals surface area contributed by atoms with Gasteiger partial charge in [0.15, 0.2) is 5.82 Å². The predicted molar refractivity (Wildman–Crippen MR) is 148 cm³/mol. The number of hydrogen-bond donors (Lipinski definition) is 6. The molecule has 0 unspecified atom stereocenters. The van der Waals surface area contributed by atoms with Gasteiger partial charge in [0.05, 0.1) is 36.5 Å². The van der Waals surface area contributed by atoms with E-state index in [-0.39, 0.29) is 35.1 Å². The lowest BCUT2D eigenvalue weighted by atomic mass is 9.93. The molecule has 1 aliphatic rings. The van der Waals surface area contributed by atoms with Gasteiger partial charge in [0, 0.05) is 24.7 Å². The minimum atomic E-state index is -0.314. The number of para-hydroxylation sites is 2. The van der Waals surface area contributed by atoms with E-state index in [1.165, 1.54) is 20.2 Å². The Hall–Kier alpha value is -4.09. The van der Waals surface area contributed by atoms with Crippen LogP contribution >= 0.6 is 11.6 Å². The van der Waals surface area contributed by atoms with E-state index in [4.69, 9.17) is 16.3 Å². The maximum atomic E-state index is 12.4. The van der Waals surface area contributed by atoms with E-state index in [1.54, 1.807) is 36.4 Å². The molecule has 2 aromatic carbocycles. The van der Waals surface area contributed by atoms with Crippen LogP contribution in [-0.4, -0.2) is 46.3 Å². The highest BCUT2D eigenvalue weighted by Crippen LogP contribution is 2.32. The van der Waals surface area contributed by atoms with Crippen LogP contribution in [0, 0.1) is 0 Å². The van der Waals surface area contributed by atoms with E-state index < -0.39 is 0 Å². The molecule has 12 heteroatoms. The summed E-state index contributed by atoms with van der Waals surface area (Å²) in [5, 5.41) is 24.7. The molecular formula is C26H30ClN7O4. The van der Waals surface area contributed by atoms with Crippen LogP contribution in [0.5, 0.6) is 5.75 Å². The van der Waals surface area contributed by atoms with Gasteiger partial charge in [-0.05, 0) is 49.9 Å². The minimum Gasteiger partial charge on any atom is -0.494 e. The summed E-state index contributed by atoms with van der Waals surface area (Å²) in [6, 6.07) is 12.1. The lowest BCUT2D eigenvalue weighted by molar-refractivity contribution is -0.114. The third-order valence-corrected chi connectivity index (χ3v) is 6.25. The molecule has 38 heavy (non-hydrogen) atoms. The molecule has 0 spiro atoms. The van der Waals surface area contributed by atoms with Crippen LogP contribution in [0.3, 0.4) is 0 Å². The van der Waals surface area contributed by atoms with Crippen LogP contribution in [0.2, 0.25) is 5.02 Å². The zero-order chi connectivity index (χ0) is 27.1. The Bertz CT molecular complexity index is 1300. The van der Waals surface area contributed by atoms with Crippen LogP contribution in [-0.2, 0) is 4.79 Å². The molecule has 1 heterocycles. The lowest BCUT2D eigenvalue weighted by Gasteiger charge is -2.26. The summed E-state index contributed by atoms with van der Waals surface area (Å²) in [4.78, 5) is 32.7. The van der Waals surface area contributed by atoms with Crippen molar-refractivity contribution in [1.29, 1.82) is 0 Å². The molecule has 1 saturated carbocycles. The van der Waals surface area contributed by atoms with Crippen LogP contribution in [0.15, 0.2) is 48.7 Å². The Morgan fingerprint density at radius 2 is 1.74 bits per heavy atom. The molecule has 0 aliphatic heterocycles. The fourth-order valence-corrected chi connectivity index (χ4v) is 4.24. The maximum absolute atomic E-state index is 12.4. The number of halogens is 1. The van der Waals surface area contributed by atoms with Gasteiger partial charge in [-0.1, -0.05) is 23.7 Å². The van der Waals surface area contributed by atoms with Gasteiger partial charge < -0.3 is 36.4 Å². The molecule has 0 bridgehead atoms. The number of carbonyl (C=O) groups is 2. The van der Waals surface area contributed by atoms with Crippen molar-refractivity contribution < 1.29 is 19.4 Å². The Kier molecular flexibility index (Phi) is 8.82. The highest BCUT2D eigenvalue weighted by Gasteiger charge is 2.21. The van der Waals surface area contributed by atoms with Gasteiger partial charge in [-0.3, -0.25) is 4.79 Å². The number of urea groups is 1. The number of aliphatic hydroxyl groups excluding tert-OH is 1. The van der Waals surface area contributed by atoms with E-state index >= 15 is 0 Å². The first-order valence-electron chi connectivity index (χ1n) is 12.2. The molecule has 1 fully saturated rings. The molecule has 0 atom stereocenters. The Morgan fingerprint density at radius 1 is 1.00 bits per heavy atom. The number of aliphatic hydroxyl groups is 1. The number of carbonyl (C=O) groups excluding carboxylic acids is 2. The zero-order valence-corrected chi connectivity index (χ0v) is 21.8. The average Bonchev–Trinajstić information content (AvgIpc) is 2.89. The van der Waals surface area contributed by atoms with E-state index in [0.29, 0.717) is 47.2 Å². The Balaban J connectivity index is 1.44. The van der Waals surface area contributed by atoms with Crippen molar-refractivity contribution in [2.24, 2.45) is 0 Å². The summed E-state index contributed by atoms with van der Waals surface area (Å²) < 4.78 is 5.50. The molecule has 11 nitrogen and oxygen atoms in total. The molecule has 200 valence electrons. The van der Waals surface area contributed by atoms with Gasteiger partial charge in [-0.15, -0.1) is 0 Å². The fraction of sp³-hybridized carbons (Fsp3) is 0.308. The number of benzene rings is 2. The molecule has 1 aromatic heterocycles. The normalized spacial score (nSPS) is 16.7. The molecule has 3 aromatic rings. The van der Waals surface area contributed by atoms with Crippen molar-refractivity contribution in [3.05, 3.63) is 53.7 Å². The van der Waals surface area contributed by atoms with Gasteiger partial charge >= 0.3 is 6.03 Å². The van der Waals surface area contributed by atoms with Gasteiger partial charge in [0.1, 0.15) is 10.8 Å². The highest BCUT2D eigenvalue weighted by molar-refractivity contribution is 6.33. The molecule has 0 radical (unpaired) electrons. The van der Waals surface area contributed by atoms with Gasteiger partial charge in [-0.25, -0.2) is 9.78 Å². The van der Waals surface area contributed by atoms with E-state index in [2.05, 4.69) is 36.6 Å². The Labute approximate surface area is 225 Å². The first kappa shape index (κ1) is 27.0. The van der Waals surface area contributed by atoms with E-state index in [1.807, 2.05) is 6.07 Å². The number of amides is 3. The van der Waals surface area contributed by atoms with Crippen molar-refractivity contribution in [2.75, 3.05) is 28.4 Å². The quantitative estimate of drug-likeness (QED) is 0.234. The second-order valence-corrected chi connectivity index (χ2v) is 9.29. The first-order valence-corrected chi connectivity index (χ1v) is 12.6. The molecule has 1 aliphatic carbocycles. The molecule has 4 rings (SSSR count). The number of rotatable bonds is 8. The number of ether oxygens (including phenoxy) is 1. The monoisotopic (exact) mass is 539 g/mol. The number of nitrogens with one attached hydrogen (secondary N) is 5. The SMILES string of the molecule is COc1cc(NC(=O)NC2CCC(O)CC2)ccc1Nc1ncc(Cl)c(Nc2ccccc2NC(C)=O)n1. The third-order valence-electron chi connectivity index (χ3n) is 5.97. The summed E-state index contributed by atoms with van der Waals surface area (Å²) in [6.45, 7) is 1.43. The second-order valence-electron chi connectivity index (χ2n) is 8.89. The van der Waals surface area contributed by atoms with Crippen LogP contribution < -0.4 is 31.3 Å². The van der Waals surface area contributed by atoms with Crippen LogP contribution in [0.25, 0.3) is 0 Å². The lowest BCUT2D eigenvalue weighted by Crippen LogP contribution is -2.40. The van der Waals surface area contributed by atoms with Crippen LogP contribution in [0.4, 0.5) is 39.3 Å². The van der Waals surface area contributed by atoms with Gasteiger partial charge in [-0.2, -0.15) is 4.98 Å². The molecule has 6 N–H and O–H groups in total. The standard InChI is InChI=1S/C26H30ClN7O4/c1-15(35)29-20-5-3-4-6-21(20)32-24-19(27)14-28-25(34-24)33-22-12-9-17(13-23(22)38-2)31-26(37)30-16-7-10-18(36)11-8-16/h3-6,9,12-14,16,18,36H,7-8,10-11H2,1-2H3,(H,29,35)(H2,30,31,37)(H2,28,32,33,34). The third kappa shape index (κ3) is 7.24. The first-order chi connectivity index (χ1) is 18.3. The van der Waals surface area contributed by atoms with Crippen molar-refractivity contribution >= 4 is 58.1 Å². The van der Waals surface area contributed by atoms with Crippen molar-refractivity contribution in [3.63, 3.8) is 0 Å². The zero-order valence-electron chi connectivity index (χ0n) is 21.0. The Morgan fingerprint density at radius 3 is 2.45 bits per heavy atom. The molecule has 3 amide bonds. The highest BCUT2D eigenvalue weighted by atomic mass is 35.5. The largest absolute Gasteiger partial charge is 0.494 e. The van der Waals surface area contributed by atoms with E-state index in [9.17, 15) is 14.7 Å². The number of aromatic nitrogens is 2. The molecular weight excluding hydrogens is 510 g/mol. The predicted octanol–water partition coefficient (Wildman–Crippen LogP) is 5.01. The van der Waals surface area contributed by atoms with Crippen molar-refractivity contribution in [2.45, 2.75) is 44.8 Å². The minimum absolute atomic E-state index is 0.0382.